The van der Waals surface area contributed by atoms with Crippen molar-refractivity contribution in [2.45, 2.75) is 143 Å². The van der Waals surface area contributed by atoms with Crippen LogP contribution >= 0.6 is 0 Å². The molecule has 2 aliphatic heterocycles. The van der Waals surface area contributed by atoms with Crippen molar-refractivity contribution >= 4 is 31.9 Å². The lowest BCUT2D eigenvalue weighted by molar-refractivity contribution is -0.159. The summed E-state index contributed by atoms with van der Waals surface area (Å²) in [6.45, 7) is 17.9. The fourth-order valence-electron chi connectivity index (χ4n) is 5.88. The zero-order valence-electron chi connectivity index (χ0n) is 24.2. The van der Waals surface area contributed by atoms with E-state index in [1.807, 2.05) is 41.5 Å². The van der Waals surface area contributed by atoms with Gasteiger partial charge in [0, 0.05) is 41.9 Å². The minimum Gasteiger partial charge on any atom is -0.415 e. The van der Waals surface area contributed by atoms with Gasteiger partial charge in [0.05, 0.1) is 0 Å². The third-order valence-corrected chi connectivity index (χ3v) is 11.3. The van der Waals surface area contributed by atoms with Crippen LogP contribution in [0.3, 0.4) is 0 Å². The molecule has 2 atom stereocenters. The van der Waals surface area contributed by atoms with Crippen LogP contribution in [0, 0.1) is 11.8 Å². The fraction of sp³-hybridized carbons (Fsp3) is 0.857. The molecule has 0 spiro atoms. The zero-order chi connectivity index (χ0) is 27.5. The molecule has 2 fully saturated rings. The lowest BCUT2D eigenvalue weighted by Gasteiger charge is -2.40. The molecule has 0 aromatic rings. The van der Waals surface area contributed by atoms with Crippen LogP contribution in [0.2, 0.25) is 18.6 Å². The molecule has 206 valence electrons. The minimum absolute atomic E-state index is 0.0272. The van der Waals surface area contributed by atoms with Crippen molar-refractivity contribution < 1.29 is 23.6 Å². The molecule has 0 radical (unpaired) electrons. The minimum atomic E-state index is -2.04. The molecule has 0 aromatic carbocycles. The number of carbonyl (C=O) groups is 4. The number of piperidine rings is 2. The predicted molar refractivity (Wildman–Crippen MR) is 145 cm³/mol. The van der Waals surface area contributed by atoms with Crippen LogP contribution in [0.15, 0.2) is 0 Å². The first-order valence-corrected chi connectivity index (χ1v) is 16.7. The van der Waals surface area contributed by atoms with Gasteiger partial charge in [-0.2, -0.15) is 0 Å². The normalized spacial score (nSPS) is 24.1. The van der Waals surface area contributed by atoms with Crippen molar-refractivity contribution in [3.8, 4) is 0 Å². The van der Waals surface area contributed by atoms with Crippen LogP contribution in [0.5, 0.6) is 0 Å². The van der Waals surface area contributed by atoms with Gasteiger partial charge in [-0.1, -0.05) is 12.8 Å². The Labute approximate surface area is 219 Å². The highest BCUT2D eigenvalue weighted by molar-refractivity contribution is 6.72. The van der Waals surface area contributed by atoms with Gasteiger partial charge in [-0.3, -0.25) is 29.0 Å². The van der Waals surface area contributed by atoms with Crippen LogP contribution in [0.1, 0.15) is 107 Å². The molecule has 0 saturated carbocycles. The summed E-state index contributed by atoms with van der Waals surface area (Å²) in [5.41, 5.74) is -0.971. The smallest absolute Gasteiger partial charge is 0.232 e. The highest BCUT2D eigenvalue weighted by atomic mass is 28.4. The summed E-state index contributed by atoms with van der Waals surface area (Å²) >= 11 is 0. The molecular formula is C28H50N2O5Si. The van der Waals surface area contributed by atoms with Gasteiger partial charge in [0.25, 0.3) is 0 Å². The molecular weight excluding hydrogens is 472 g/mol. The van der Waals surface area contributed by atoms with Gasteiger partial charge in [-0.05, 0) is 99.7 Å². The number of hydrogen-bond acceptors (Lipinski definition) is 5. The summed E-state index contributed by atoms with van der Waals surface area (Å²) < 4.78 is 6.50. The van der Waals surface area contributed by atoms with Gasteiger partial charge >= 0.3 is 0 Å². The Morgan fingerprint density at radius 3 is 1.44 bits per heavy atom. The van der Waals surface area contributed by atoms with E-state index in [4.69, 9.17) is 4.43 Å². The van der Waals surface area contributed by atoms with E-state index in [1.165, 1.54) is 9.80 Å². The molecule has 2 saturated heterocycles. The molecule has 7 nitrogen and oxygen atoms in total. The molecule has 2 rings (SSSR count). The summed E-state index contributed by atoms with van der Waals surface area (Å²) in [7, 11) is -2.04. The third kappa shape index (κ3) is 7.98. The second-order valence-corrected chi connectivity index (χ2v) is 17.5. The van der Waals surface area contributed by atoms with E-state index in [-0.39, 0.29) is 41.6 Å². The molecule has 2 unspecified atom stereocenters. The predicted octanol–water partition coefficient (Wildman–Crippen LogP) is 5.67. The van der Waals surface area contributed by atoms with Gasteiger partial charge in [-0.25, -0.2) is 0 Å². The van der Waals surface area contributed by atoms with Crippen molar-refractivity contribution in [2.24, 2.45) is 11.8 Å². The molecule has 36 heavy (non-hydrogen) atoms. The Kier molecular flexibility index (Phi) is 10.1. The lowest BCUT2D eigenvalue weighted by atomic mass is 9.89. The Morgan fingerprint density at radius 1 is 0.778 bits per heavy atom. The first-order chi connectivity index (χ1) is 16.5. The number of likely N-dealkylation sites (tertiary alicyclic amines) is 2. The molecule has 0 bridgehead atoms. The average Bonchev–Trinajstić information content (AvgIpc) is 2.69. The number of imide groups is 2. The third-order valence-electron chi connectivity index (χ3n) is 7.43. The lowest BCUT2D eigenvalue weighted by Crippen LogP contribution is -2.54. The topological polar surface area (TPSA) is 84.0 Å². The van der Waals surface area contributed by atoms with Crippen LogP contribution < -0.4 is 0 Å². The Bertz CT molecular complexity index is 767. The van der Waals surface area contributed by atoms with Crippen LogP contribution in [0.4, 0.5) is 0 Å². The molecule has 0 aliphatic carbocycles. The number of rotatable bonds is 10. The van der Waals surface area contributed by atoms with E-state index in [1.54, 1.807) is 0 Å². The molecule has 0 aromatic heterocycles. The van der Waals surface area contributed by atoms with Crippen molar-refractivity contribution in [3.05, 3.63) is 0 Å². The van der Waals surface area contributed by atoms with Crippen molar-refractivity contribution in [3.63, 3.8) is 0 Å². The maximum Gasteiger partial charge on any atom is 0.232 e. The van der Waals surface area contributed by atoms with E-state index >= 15 is 0 Å². The van der Waals surface area contributed by atoms with E-state index in [9.17, 15) is 19.2 Å². The summed E-state index contributed by atoms with van der Waals surface area (Å²) in [5, 5.41) is 0. The number of hydrogen-bond donors (Lipinski definition) is 0. The maximum absolute atomic E-state index is 13.0. The molecule has 8 heteroatoms. The first kappa shape index (κ1) is 30.7. The number of nitrogens with zero attached hydrogens (tertiary/aromatic N) is 2. The van der Waals surface area contributed by atoms with E-state index in [0.29, 0.717) is 25.7 Å². The summed E-state index contributed by atoms with van der Waals surface area (Å²) in [6, 6.07) is 1.92. The quantitative estimate of drug-likeness (QED) is 0.272. The molecule has 0 N–H and O–H groups in total. The van der Waals surface area contributed by atoms with Gasteiger partial charge in [0.1, 0.15) is 0 Å². The fourth-order valence-corrected chi connectivity index (χ4v) is 9.41. The van der Waals surface area contributed by atoms with Crippen LogP contribution in [-0.2, 0) is 23.6 Å². The van der Waals surface area contributed by atoms with Crippen molar-refractivity contribution in [1.29, 1.82) is 0 Å². The largest absolute Gasteiger partial charge is 0.415 e. The molecule has 4 amide bonds. The standard InChI is InChI=1S/C28H50N2O5Si/c1-20(2)35-36(9,18-10-12-21-14-16-23(31)29(25(21)33)27(3,4)5)19-11-13-22-15-17-24(32)30(26(22)34)28(6,7)8/h20-22H,10-19H2,1-9H3. The van der Waals surface area contributed by atoms with Crippen molar-refractivity contribution in [1.82, 2.24) is 9.80 Å². The van der Waals surface area contributed by atoms with E-state index < -0.39 is 19.4 Å². The zero-order valence-corrected chi connectivity index (χ0v) is 25.2. The average molecular weight is 523 g/mol. The monoisotopic (exact) mass is 522 g/mol. The summed E-state index contributed by atoms with van der Waals surface area (Å²) in [6.07, 6.45) is 5.68. The van der Waals surface area contributed by atoms with Gasteiger partial charge in [0.2, 0.25) is 23.6 Å². The summed E-state index contributed by atoms with van der Waals surface area (Å²) in [5.74, 6) is -0.369. The van der Waals surface area contributed by atoms with Crippen molar-refractivity contribution in [2.75, 3.05) is 0 Å². The maximum atomic E-state index is 13.0. The first-order valence-electron chi connectivity index (χ1n) is 13.9. The Balaban J connectivity index is 1.94. The van der Waals surface area contributed by atoms with Crippen LogP contribution in [0.25, 0.3) is 0 Å². The van der Waals surface area contributed by atoms with Gasteiger partial charge < -0.3 is 4.43 Å². The number of amides is 4. The van der Waals surface area contributed by atoms with Gasteiger partial charge in [0.15, 0.2) is 8.32 Å². The highest BCUT2D eigenvalue weighted by Crippen LogP contribution is 2.34. The summed E-state index contributed by atoms with van der Waals surface area (Å²) in [4.78, 5) is 53.7. The molecule has 2 heterocycles. The van der Waals surface area contributed by atoms with Gasteiger partial charge in [-0.15, -0.1) is 0 Å². The Hall–Kier alpha value is -1.54. The second kappa shape index (κ2) is 11.9. The SMILES string of the molecule is CC(C)O[Si](C)(CCCC1CCC(=O)N(C(C)(C)C)C1=O)CCCC1CCC(=O)N(C(C)(C)C)C1=O. The Morgan fingerprint density at radius 2 is 1.14 bits per heavy atom. The number of carbonyl (C=O) groups excluding carboxylic acids is 4. The van der Waals surface area contributed by atoms with E-state index in [0.717, 1.165) is 37.8 Å². The molecule has 2 aliphatic rings. The highest BCUT2D eigenvalue weighted by Gasteiger charge is 2.42. The second-order valence-electron chi connectivity index (χ2n) is 13.3. The van der Waals surface area contributed by atoms with E-state index in [2.05, 4.69) is 20.4 Å². The van der Waals surface area contributed by atoms with Crippen LogP contribution in [-0.4, -0.2) is 58.9 Å².